The number of anilines is 1. The van der Waals surface area contributed by atoms with E-state index in [-0.39, 0.29) is 0 Å². The van der Waals surface area contributed by atoms with Crippen molar-refractivity contribution < 1.29 is 9.47 Å². The number of aromatic nitrogens is 1. The number of methoxy groups -OCH3 is 2. The zero-order valence-corrected chi connectivity index (χ0v) is 11.9. The van der Waals surface area contributed by atoms with Crippen LogP contribution in [0.2, 0.25) is 0 Å². The van der Waals surface area contributed by atoms with Gasteiger partial charge in [-0.2, -0.15) is 0 Å². The van der Waals surface area contributed by atoms with E-state index in [1.54, 1.807) is 14.2 Å². The number of hydrogen-bond acceptors (Lipinski definition) is 4. The fourth-order valence-corrected chi connectivity index (χ4v) is 2.57. The molecule has 17 heavy (non-hydrogen) atoms. The summed E-state index contributed by atoms with van der Waals surface area (Å²) in [7, 11) is 3.22. The van der Waals surface area contributed by atoms with Crippen LogP contribution in [0.4, 0.5) is 5.82 Å². The van der Waals surface area contributed by atoms with Gasteiger partial charge in [0.1, 0.15) is 11.5 Å². The van der Waals surface area contributed by atoms with Gasteiger partial charge in [-0.15, -0.1) is 0 Å². The molecule has 5 heteroatoms. The highest BCUT2D eigenvalue weighted by Gasteiger charge is 2.21. The van der Waals surface area contributed by atoms with Crippen LogP contribution in [-0.4, -0.2) is 25.2 Å². The summed E-state index contributed by atoms with van der Waals surface area (Å²) >= 11 is 3.52. The highest BCUT2D eigenvalue weighted by atomic mass is 79.9. The predicted octanol–water partition coefficient (Wildman–Crippen LogP) is 2.88. The van der Waals surface area contributed by atoms with Gasteiger partial charge in [-0.05, 0) is 47.3 Å². The molecule has 1 unspecified atom stereocenters. The third-order valence-electron chi connectivity index (χ3n) is 2.96. The molecule has 0 amide bonds. The summed E-state index contributed by atoms with van der Waals surface area (Å²) in [6.45, 7) is 2.16. The van der Waals surface area contributed by atoms with Gasteiger partial charge in [0.25, 0.3) is 0 Å². The molecule has 1 aromatic heterocycles. The van der Waals surface area contributed by atoms with Crippen molar-refractivity contribution in [2.24, 2.45) is 0 Å². The van der Waals surface area contributed by atoms with Gasteiger partial charge < -0.3 is 14.8 Å². The molecule has 0 aliphatic carbocycles. The summed E-state index contributed by atoms with van der Waals surface area (Å²) in [5, 5.41) is 3.39. The molecule has 4 nitrogen and oxygen atoms in total. The smallest absolute Gasteiger partial charge is 0.201 e. The minimum absolute atomic E-state index is 0.436. The van der Waals surface area contributed by atoms with E-state index in [1.807, 2.05) is 0 Å². The van der Waals surface area contributed by atoms with Crippen molar-refractivity contribution in [1.29, 1.82) is 0 Å². The maximum absolute atomic E-state index is 5.24. The Kier molecular flexibility index (Phi) is 4.01. The second kappa shape index (κ2) is 5.33. The van der Waals surface area contributed by atoms with Crippen LogP contribution in [0.3, 0.4) is 0 Å². The molecule has 1 aliphatic heterocycles. The van der Waals surface area contributed by atoms with Crippen molar-refractivity contribution in [2.45, 2.75) is 32.1 Å². The zero-order chi connectivity index (χ0) is 12.4. The van der Waals surface area contributed by atoms with Gasteiger partial charge in [-0.1, -0.05) is 0 Å². The normalized spacial score (nSPS) is 19.0. The Hall–Kier alpha value is -0.650. The quantitative estimate of drug-likeness (QED) is 0.872. The van der Waals surface area contributed by atoms with E-state index in [0.717, 1.165) is 28.8 Å². The Labute approximate surface area is 110 Å². The van der Waals surface area contributed by atoms with Crippen molar-refractivity contribution in [1.82, 2.24) is 4.98 Å². The molecule has 0 saturated heterocycles. The van der Waals surface area contributed by atoms with Gasteiger partial charge in [0.2, 0.25) is 6.29 Å². The lowest BCUT2D eigenvalue weighted by atomic mass is 10.0. The maximum atomic E-state index is 5.24. The molecule has 1 aliphatic rings. The lowest BCUT2D eigenvalue weighted by Gasteiger charge is -2.25. The molecule has 2 rings (SSSR count). The average Bonchev–Trinajstić information content (AvgIpc) is 2.32. The van der Waals surface area contributed by atoms with E-state index in [2.05, 4.69) is 39.2 Å². The second-order valence-corrected chi connectivity index (χ2v) is 5.10. The number of nitrogens with one attached hydrogen (secondary N) is 1. The first-order chi connectivity index (χ1) is 8.15. The lowest BCUT2D eigenvalue weighted by Crippen LogP contribution is -2.24. The lowest BCUT2D eigenvalue weighted by molar-refractivity contribution is -0.109. The highest BCUT2D eigenvalue weighted by molar-refractivity contribution is 9.10. The number of pyridine rings is 1. The number of fused-ring (bicyclic) bond motifs is 1. The standard InChI is InChI=1S/C12H17BrN2O2/c1-7-4-5-8-6-9(13)10(12(16-2)17-3)15-11(8)14-7/h6-7,12H,4-5H2,1-3H3,(H,14,15). The summed E-state index contributed by atoms with van der Waals surface area (Å²) in [6.07, 6.45) is 1.76. The SMILES string of the molecule is COC(OC)c1nc2c(cc1Br)CCC(C)N2. The van der Waals surface area contributed by atoms with E-state index in [9.17, 15) is 0 Å². The third-order valence-corrected chi connectivity index (χ3v) is 3.60. The maximum Gasteiger partial charge on any atom is 0.201 e. The van der Waals surface area contributed by atoms with Crippen LogP contribution >= 0.6 is 15.9 Å². The van der Waals surface area contributed by atoms with Crippen LogP contribution in [0.15, 0.2) is 10.5 Å². The van der Waals surface area contributed by atoms with Crippen molar-refractivity contribution in [2.75, 3.05) is 19.5 Å². The topological polar surface area (TPSA) is 43.4 Å². The van der Waals surface area contributed by atoms with Crippen molar-refractivity contribution in [3.63, 3.8) is 0 Å². The first-order valence-electron chi connectivity index (χ1n) is 5.67. The summed E-state index contributed by atoms with van der Waals surface area (Å²) < 4.78 is 11.4. The molecule has 0 spiro atoms. The molecule has 0 bridgehead atoms. The number of rotatable bonds is 3. The van der Waals surface area contributed by atoms with E-state index >= 15 is 0 Å². The zero-order valence-electron chi connectivity index (χ0n) is 10.3. The molecule has 1 atom stereocenters. The summed E-state index contributed by atoms with van der Waals surface area (Å²) in [6, 6.07) is 2.56. The monoisotopic (exact) mass is 300 g/mol. The molecule has 0 aromatic carbocycles. The largest absolute Gasteiger partial charge is 0.367 e. The van der Waals surface area contributed by atoms with Crippen molar-refractivity contribution in [3.05, 3.63) is 21.8 Å². The second-order valence-electron chi connectivity index (χ2n) is 4.25. The van der Waals surface area contributed by atoms with Gasteiger partial charge in [0.05, 0.1) is 0 Å². The van der Waals surface area contributed by atoms with E-state index in [1.165, 1.54) is 5.56 Å². The number of halogens is 1. The summed E-state index contributed by atoms with van der Waals surface area (Å²) in [5.41, 5.74) is 2.01. The molecule has 1 N–H and O–H groups in total. The molecule has 94 valence electrons. The molecule has 0 radical (unpaired) electrons. The third kappa shape index (κ3) is 2.61. The Morgan fingerprint density at radius 2 is 2.18 bits per heavy atom. The van der Waals surface area contributed by atoms with Crippen molar-refractivity contribution >= 4 is 21.7 Å². The van der Waals surface area contributed by atoms with Gasteiger partial charge in [0.15, 0.2) is 0 Å². The minimum atomic E-state index is -0.436. The van der Waals surface area contributed by atoms with Gasteiger partial charge >= 0.3 is 0 Å². The number of nitrogens with zero attached hydrogens (tertiary/aromatic N) is 1. The molecule has 1 aromatic rings. The van der Waals surface area contributed by atoms with Crippen LogP contribution in [0, 0.1) is 0 Å². The molecular formula is C12H17BrN2O2. The summed E-state index contributed by atoms with van der Waals surface area (Å²) in [5.74, 6) is 0.945. The van der Waals surface area contributed by atoms with E-state index < -0.39 is 6.29 Å². The van der Waals surface area contributed by atoms with Crippen LogP contribution in [-0.2, 0) is 15.9 Å². The Morgan fingerprint density at radius 1 is 1.47 bits per heavy atom. The Bertz CT molecular complexity index is 408. The van der Waals surface area contributed by atoms with Gasteiger partial charge in [-0.25, -0.2) is 4.98 Å². The van der Waals surface area contributed by atoms with E-state index in [4.69, 9.17) is 9.47 Å². The molecule has 0 saturated carbocycles. The first kappa shape index (κ1) is 12.8. The Morgan fingerprint density at radius 3 is 2.82 bits per heavy atom. The highest BCUT2D eigenvalue weighted by Crippen LogP contribution is 2.31. The van der Waals surface area contributed by atoms with Crippen LogP contribution in [0.25, 0.3) is 0 Å². The molecule has 0 fully saturated rings. The van der Waals surface area contributed by atoms with Crippen molar-refractivity contribution in [3.8, 4) is 0 Å². The van der Waals surface area contributed by atoms with Gasteiger partial charge in [0, 0.05) is 24.7 Å². The number of ether oxygens (including phenoxy) is 2. The predicted molar refractivity (Wildman–Crippen MR) is 70.1 cm³/mol. The van der Waals surface area contributed by atoms with E-state index in [0.29, 0.717) is 6.04 Å². The average molecular weight is 301 g/mol. The fourth-order valence-electron chi connectivity index (χ4n) is 2.02. The molecular weight excluding hydrogens is 284 g/mol. The Balaban J connectivity index is 2.38. The number of aryl methyl sites for hydroxylation is 1. The first-order valence-corrected chi connectivity index (χ1v) is 6.46. The summed E-state index contributed by atoms with van der Waals surface area (Å²) in [4.78, 5) is 4.60. The van der Waals surface area contributed by atoms with Gasteiger partial charge in [-0.3, -0.25) is 0 Å². The van der Waals surface area contributed by atoms with Crippen LogP contribution in [0.1, 0.15) is 30.9 Å². The molecule has 2 heterocycles. The minimum Gasteiger partial charge on any atom is -0.367 e. The fraction of sp³-hybridized carbons (Fsp3) is 0.583. The number of hydrogen-bond donors (Lipinski definition) is 1. The van der Waals surface area contributed by atoms with Crippen LogP contribution < -0.4 is 5.32 Å². The van der Waals surface area contributed by atoms with Crippen LogP contribution in [0.5, 0.6) is 0 Å².